The molecule has 1 atom stereocenters. The molecule has 16 heavy (non-hydrogen) atoms. The van der Waals surface area contributed by atoms with E-state index >= 15 is 0 Å². The molecule has 0 aliphatic carbocycles. The summed E-state index contributed by atoms with van der Waals surface area (Å²) in [5.41, 5.74) is 1.16. The molecular weight excluding hydrogens is 280 g/mol. The van der Waals surface area contributed by atoms with Crippen LogP contribution in [0, 0.1) is 12.8 Å². The van der Waals surface area contributed by atoms with Gasteiger partial charge in [-0.05, 0) is 17.7 Å². The van der Waals surface area contributed by atoms with Crippen LogP contribution in [0.15, 0.2) is 24.3 Å². The molecule has 1 aromatic rings. The molecule has 0 heterocycles. The molecule has 0 radical (unpaired) electrons. The Hall–Kier alpha value is 0.226. The summed E-state index contributed by atoms with van der Waals surface area (Å²) in [7, 11) is 1.66. The molecule has 0 aliphatic rings. The molecule has 0 N–H and O–H groups in total. The fourth-order valence-electron chi connectivity index (χ4n) is 1.10. The molecule has 1 aromatic carbocycles. The Morgan fingerprint density at radius 2 is 1.81 bits per heavy atom. The van der Waals surface area contributed by atoms with E-state index in [1.807, 2.05) is 31.2 Å². The maximum atomic E-state index is 5.45. The molecular formula is C12H17BrMgO2. The van der Waals surface area contributed by atoms with E-state index in [0.717, 1.165) is 11.3 Å². The molecule has 0 aromatic heterocycles. The van der Waals surface area contributed by atoms with E-state index in [-0.39, 0.29) is 40.0 Å². The number of benzene rings is 1. The van der Waals surface area contributed by atoms with E-state index in [0.29, 0.717) is 19.1 Å². The Morgan fingerprint density at radius 1 is 1.25 bits per heavy atom. The molecule has 1 rings (SSSR count). The molecule has 0 saturated heterocycles. The van der Waals surface area contributed by atoms with Crippen LogP contribution < -0.4 is 21.7 Å². The third kappa shape index (κ3) is 7.49. The van der Waals surface area contributed by atoms with Gasteiger partial charge < -0.3 is 33.4 Å². The van der Waals surface area contributed by atoms with E-state index in [1.165, 1.54) is 0 Å². The minimum Gasteiger partial charge on any atom is -1.00 e. The first-order valence-corrected chi connectivity index (χ1v) is 4.76. The zero-order valence-electron chi connectivity index (χ0n) is 9.91. The van der Waals surface area contributed by atoms with Gasteiger partial charge in [0.2, 0.25) is 0 Å². The summed E-state index contributed by atoms with van der Waals surface area (Å²) >= 11 is 0. The molecule has 2 nitrogen and oxygen atoms in total. The van der Waals surface area contributed by atoms with Crippen molar-refractivity contribution in [1.82, 2.24) is 0 Å². The van der Waals surface area contributed by atoms with E-state index in [2.05, 4.69) is 6.92 Å². The summed E-state index contributed by atoms with van der Waals surface area (Å²) in [6.07, 6.45) is 0. The Bertz CT molecular complexity index is 262. The van der Waals surface area contributed by atoms with Crippen LogP contribution in [0.3, 0.4) is 0 Å². The van der Waals surface area contributed by atoms with Crippen LogP contribution in [-0.4, -0.2) is 36.8 Å². The summed E-state index contributed by atoms with van der Waals surface area (Å²) in [5, 5.41) is 0. The predicted molar refractivity (Wildman–Crippen MR) is 62.9 cm³/mol. The Morgan fingerprint density at radius 3 is 2.25 bits per heavy atom. The van der Waals surface area contributed by atoms with E-state index in [9.17, 15) is 0 Å². The summed E-state index contributed by atoms with van der Waals surface area (Å²) in [5.74, 6) is 1.22. The van der Waals surface area contributed by atoms with Crippen LogP contribution in [0.5, 0.6) is 5.75 Å². The van der Waals surface area contributed by atoms with Crippen LogP contribution in [0.25, 0.3) is 0 Å². The summed E-state index contributed by atoms with van der Waals surface area (Å²) in [4.78, 5) is 0. The van der Waals surface area contributed by atoms with Gasteiger partial charge in [-0.2, -0.15) is 0 Å². The molecule has 0 saturated carbocycles. The van der Waals surface area contributed by atoms with E-state index < -0.39 is 0 Å². The number of methoxy groups -OCH3 is 1. The number of hydrogen-bond donors (Lipinski definition) is 0. The quantitative estimate of drug-likeness (QED) is 0.529. The standard InChI is InChI=1S/C12H17O2.BrH.Mg/c1-10(2)8-14-9-11-4-6-12(13-3)7-5-11;;/h4-7,10H,1,8-9H2,2-3H3;1H;/q-1;;+2/p-1/t10-;;/m0../s1. The Kier molecular flexibility index (Phi) is 12.1. The smallest absolute Gasteiger partial charge is 1.00 e. The average Bonchev–Trinajstić information content (AvgIpc) is 2.18. The summed E-state index contributed by atoms with van der Waals surface area (Å²) < 4.78 is 10.5. The average molecular weight is 297 g/mol. The number of hydrogen-bond acceptors (Lipinski definition) is 2. The van der Waals surface area contributed by atoms with Crippen molar-refractivity contribution >= 4 is 23.1 Å². The van der Waals surface area contributed by atoms with Crippen LogP contribution in [0.1, 0.15) is 12.5 Å². The van der Waals surface area contributed by atoms with Crippen molar-refractivity contribution in [2.75, 3.05) is 13.7 Å². The molecule has 0 aliphatic heterocycles. The largest absolute Gasteiger partial charge is 2.00 e. The van der Waals surface area contributed by atoms with Gasteiger partial charge in [-0.3, -0.25) is 0 Å². The number of ether oxygens (including phenoxy) is 2. The van der Waals surface area contributed by atoms with Gasteiger partial charge in [0.1, 0.15) is 5.75 Å². The van der Waals surface area contributed by atoms with E-state index in [4.69, 9.17) is 9.47 Å². The van der Waals surface area contributed by atoms with Crippen molar-refractivity contribution < 1.29 is 26.5 Å². The third-order valence-corrected chi connectivity index (χ3v) is 1.83. The van der Waals surface area contributed by atoms with Gasteiger partial charge in [0, 0.05) is 6.61 Å². The fourth-order valence-corrected chi connectivity index (χ4v) is 1.10. The molecule has 0 bridgehead atoms. The Labute approximate surface area is 125 Å². The van der Waals surface area contributed by atoms with Gasteiger partial charge in [-0.15, -0.1) is 5.92 Å². The van der Waals surface area contributed by atoms with Gasteiger partial charge in [0.15, 0.2) is 0 Å². The summed E-state index contributed by atoms with van der Waals surface area (Å²) in [6, 6.07) is 7.89. The maximum absolute atomic E-state index is 5.45. The normalized spacial score (nSPS) is 10.9. The molecule has 0 spiro atoms. The first-order chi connectivity index (χ1) is 6.72. The molecule has 0 fully saturated rings. The number of halogens is 1. The monoisotopic (exact) mass is 296 g/mol. The fraction of sp³-hybridized carbons (Fsp3) is 0.417. The molecule has 86 valence electrons. The van der Waals surface area contributed by atoms with Crippen LogP contribution in [0.2, 0.25) is 0 Å². The molecule has 0 amide bonds. The van der Waals surface area contributed by atoms with Gasteiger partial charge >= 0.3 is 23.1 Å². The van der Waals surface area contributed by atoms with Crippen molar-refractivity contribution in [2.24, 2.45) is 5.92 Å². The maximum Gasteiger partial charge on any atom is 2.00 e. The van der Waals surface area contributed by atoms with Gasteiger partial charge in [0.25, 0.3) is 0 Å². The van der Waals surface area contributed by atoms with Gasteiger partial charge in [0.05, 0.1) is 13.7 Å². The first-order valence-electron chi connectivity index (χ1n) is 4.76. The van der Waals surface area contributed by atoms with Crippen molar-refractivity contribution in [2.45, 2.75) is 13.5 Å². The second-order valence-electron chi connectivity index (χ2n) is 3.47. The van der Waals surface area contributed by atoms with Crippen molar-refractivity contribution in [1.29, 1.82) is 0 Å². The van der Waals surface area contributed by atoms with Crippen LogP contribution in [-0.2, 0) is 11.3 Å². The number of rotatable bonds is 5. The second kappa shape index (κ2) is 10.4. The SMILES string of the molecule is [Br-].[CH2-][C@@H](C)COCc1ccc(OC)cc1.[Mg+2]. The molecule has 4 heteroatoms. The second-order valence-corrected chi connectivity index (χ2v) is 3.47. The minimum atomic E-state index is 0. The van der Waals surface area contributed by atoms with Gasteiger partial charge in [-0.25, -0.2) is 0 Å². The Balaban J connectivity index is 0. The first kappa shape index (κ1) is 18.6. The van der Waals surface area contributed by atoms with Crippen molar-refractivity contribution in [3.05, 3.63) is 36.8 Å². The predicted octanol–water partition coefficient (Wildman–Crippen LogP) is -0.695. The third-order valence-electron chi connectivity index (χ3n) is 1.83. The van der Waals surface area contributed by atoms with E-state index in [1.54, 1.807) is 7.11 Å². The van der Waals surface area contributed by atoms with Crippen LogP contribution >= 0.6 is 0 Å². The van der Waals surface area contributed by atoms with Gasteiger partial charge in [-0.1, -0.05) is 19.1 Å². The van der Waals surface area contributed by atoms with Crippen molar-refractivity contribution in [3.63, 3.8) is 0 Å². The zero-order valence-corrected chi connectivity index (χ0v) is 12.9. The topological polar surface area (TPSA) is 18.5 Å². The van der Waals surface area contributed by atoms with Crippen LogP contribution in [0.4, 0.5) is 0 Å². The molecule has 0 unspecified atom stereocenters. The minimum absolute atomic E-state index is 0. The van der Waals surface area contributed by atoms with Crippen molar-refractivity contribution in [3.8, 4) is 5.75 Å². The summed E-state index contributed by atoms with van der Waals surface area (Å²) in [6.45, 7) is 7.23. The zero-order chi connectivity index (χ0) is 10.4.